The third-order valence-electron chi connectivity index (χ3n) is 4.76. The Labute approximate surface area is 203 Å². The number of amides is 2. The number of esters is 1. The Morgan fingerprint density at radius 2 is 1.88 bits per heavy atom. The molecule has 0 bridgehead atoms. The minimum atomic E-state index is -4.50. The Morgan fingerprint density at radius 1 is 1.18 bits per heavy atom. The van der Waals surface area contributed by atoms with Gasteiger partial charge in [-0.05, 0) is 48.4 Å². The first-order chi connectivity index (χ1) is 16.1. The second-order valence-electron chi connectivity index (χ2n) is 7.18. The van der Waals surface area contributed by atoms with E-state index < -0.39 is 23.6 Å². The van der Waals surface area contributed by atoms with Crippen LogP contribution >= 0.6 is 24.0 Å². The van der Waals surface area contributed by atoms with Crippen molar-refractivity contribution >= 4 is 57.8 Å². The van der Waals surface area contributed by atoms with Gasteiger partial charge in [-0.2, -0.15) is 13.2 Å². The van der Waals surface area contributed by atoms with Crippen LogP contribution in [0.15, 0.2) is 53.4 Å². The number of thioether (sulfide) groups is 1. The van der Waals surface area contributed by atoms with Gasteiger partial charge in [0.15, 0.2) is 0 Å². The van der Waals surface area contributed by atoms with Crippen LogP contribution in [0.1, 0.15) is 34.3 Å². The molecular weight excluding hydrogens is 489 g/mol. The van der Waals surface area contributed by atoms with Crippen LogP contribution in [0.5, 0.6) is 0 Å². The first kappa shape index (κ1) is 25.4. The summed E-state index contributed by atoms with van der Waals surface area (Å²) in [5.41, 5.74) is 0.283. The van der Waals surface area contributed by atoms with Crippen molar-refractivity contribution in [2.75, 3.05) is 19.0 Å². The zero-order valence-corrected chi connectivity index (χ0v) is 19.5. The molecule has 0 unspecified atom stereocenters. The number of hydrogen-bond acceptors (Lipinski definition) is 6. The summed E-state index contributed by atoms with van der Waals surface area (Å²) in [6, 6.07) is 10.9. The first-order valence-corrected chi connectivity index (χ1v) is 11.2. The lowest BCUT2D eigenvalue weighted by molar-refractivity contribution is -0.137. The molecule has 2 amide bonds. The molecule has 1 aliphatic rings. The standard InChI is InChI=1S/C23H19F3N2O4S2/c1-32-21(31)15-9-7-14(8-10-15)12-18-20(30)28(22(33)34-18)11-3-6-19(29)27-17-5-2-4-16(13-17)23(24,25)26/h2,4-5,7-10,12-13H,3,6,11H2,1H3,(H,27,29). The Bertz CT molecular complexity index is 1150. The lowest BCUT2D eigenvalue weighted by atomic mass is 10.1. The number of thiocarbonyl (C=S) groups is 1. The molecule has 3 rings (SSSR count). The van der Waals surface area contributed by atoms with Gasteiger partial charge >= 0.3 is 12.1 Å². The monoisotopic (exact) mass is 508 g/mol. The van der Waals surface area contributed by atoms with Crippen LogP contribution in [0.2, 0.25) is 0 Å². The normalized spacial score (nSPS) is 15.1. The van der Waals surface area contributed by atoms with E-state index in [1.165, 1.54) is 24.1 Å². The number of alkyl halides is 3. The van der Waals surface area contributed by atoms with Crippen LogP contribution in [-0.2, 0) is 20.5 Å². The summed E-state index contributed by atoms with van der Waals surface area (Å²) in [6.45, 7) is 0.194. The summed E-state index contributed by atoms with van der Waals surface area (Å²) in [6.07, 6.45) is -2.57. The number of benzene rings is 2. The molecule has 178 valence electrons. The van der Waals surface area contributed by atoms with Crippen LogP contribution in [-0.4, -0.2) is 40.7 Å². The van der Waals surface area contributed by atoms with Gasteiger partial charge in [-0.25, -0.2) is 4.79 Å². The van der Waals surface area contributed by atoms with Crippen LogP contribution < -0.4 is 5.32 Å². The third-order valence-corrected chi connectivity index (χ3v) is 6.14. The van der Waals surface area contributed by atoms with E-state index in [9.17, 15) is 27.6 Å². The zero-order valence-electron chi connectivity index (χ0n) is 17.8. The quantitative estimate of drug-likeness (QED) is 0.318. The van der Waals surface area contributed by atoms with E-state index in [1.54, 1.807) is 30.3 Å². The number of carbonyl (C=O) groups is 3. The summed E-state index contributed by atoms with van der Waals surface area (Å²) < 4.78 is 43.4. The van der Waals surface area contributed by atoms with Gasteiger partial charge in [0.1, 0.15) is 4.32 Å². The maximum absolute atomic E-state index is 12.8. The molecule has 2 aromatic rings. The van der Waals surface area contributed by atoms with E-state index in [2.05, 4.69) is 10.1 Å². The van der Waals surface area contributed by atoms with Gasteiger partial charge in [0, 0.05) is 18.7 Å². The highest BCUT2D eigenvalue weighted by atomic mass is 32.2. The average Bonchev–Trinajstić information content (AvgIpc) is 3.06. The van der Waals surface area contributed by atoms with Gasteiger partial charge in [0.2, 0.25) is 5.91 Å². The summed E-state index contributed by atoms with van der Waals surface area (Å²) in [4.78, 5) is 38.2. The van der Waals surface area contributed by atoms with Gasteiger partial charge in [0.25, 0.3) is 5.91 Å². The predicted octanol–water partition coefficient (Wildman–Crippen LogP) is 5.11. The fourth-order valence-corrected chi connectivity index (χ4v) is 4.38. The van der Waals surface area contributed by atoms with Gasteiger partial charge in [-0.15, -0.1) is 0 Å². The molecule has 11 heteroatoms. The second-order valence-corrected chi connectivity index (χ2v) is 8.85. The zero-order chi connectivity index (χ0) is 24.9. The van der Waals surface area contributed by atoms with Crippen molar-refractivity contribution in [3.05, 3.63) is 70.1 Å². The van der Waals surface area contributed by atoms with Gasteiger partial charge in [-0.3, -0.25) is 14.5 Å². The van der Waals surface area contributed by atoms with Crippen molar-refractivity contribution < 1.29 is 32.3 Å². The van der Waals surface area contributed by atoms with Crippen molar-refractivity contribution in [3.8, 4) is 0 Å². The molecule has 0 aromatic heterocycles. The molecule has 1 fully saturated rings. The second kappa shape index (κ2) is 10.8. The number of nitrogens with zero attached hydrogens (tertiary/aromatic N) is 1. The summed E-state index contributed by atoms with van der Waals surface area (Å²) in [7, 11) is 1.29. The van der Waals surface area contributed by atoms with Crippen LogP contribution in [0.3, 0.4) is 0 Å². The average molecular weight is 509 g/mol. The van der Waals surface area contributed by atoms with Crippen molar-refractivity contribution in [1.82, 2.24) is 4.90 Å². The molecule has 1 aliphatic heterocycles. The topological polar surface area (TPSA) is 75.7 Å². The molecule has 0 radical (unpaired) electrons. The number of carbonyl (C=O) groups excluding carboxylic acids is 3. The predicted molar refractivity (Wildman–Crippen MR) is 127 cm³/mol. The molecular formula is C23H19F3N2O4S2. The lowest BCUT2D eigenvalue weighted by Gasteiger charge is -2.14. The molecule has 1 saturated heterocycles. The van der Waals surface area contributed by atoms with Gasteiger partial charge in [-0.1, -0.05) is 42.2 Å². The van der Waals surface area contributed by atoms with E-state index in [-0.39, 0.29) is 31.0 Å². The molecule has 0 spiro atoms. The minimum absolute atomic E-state index is 0.00133. The minimum Gasteiger partial charge on any atom is -0.465 e. The SMILES string of the molecule is COC(=O)c1ccc(C=C2SC(=S)N(CCCC(=O)Nc3cccc(C(F)(F)F)c3)C2=O)cc1. The molecule has 6 nitrogen and oxygen atoms in total. The number of methoxy groups -OCH3 is 1. The maximum Gasteiger partial charge on any atom is 0.416 e. The molecule has 0 saturated carbocycles. The molecule has 1 heterocycles. The van der Waals surface area contributed by atoms with Crippen LogP contribution in [0.4, 0.5) is 18.9 Å². The third kappa shape index (κ3) is 6.45. The number of anilines is 1. The molecule has 1 N–H and O–H groups in total. The first-order valence-electron chi connectivity index (χ1n) is 9.99. The van der Waals surface area contributed by atoms with E-state index in [0.717, 1.165) is 23.9 Å². The van der Waals surface area contributed by atoms with Crippen LogP contribution in [0.25, 0.3) is 6.08 Å². The smallest absolute Gasteiger partial charge is 0.416 e. The number of nitrogens with one attached hydrogen (secondary N) is 1. The summed E-state index contributed by atoms with van der Waals surface area (Å²) in [5.74, 6) is -1.23. The molecule has 0 aliphatic carbocycles. The van der Waals surface area contributed by atoms with Crippen molar-refractivity contribution in [2.24, 2.45) is 0 Å². The number of halogens is 3. The van der Waals surface area contributed by atoms with Crippen molar-refractivity contribution in [2.45, 2.75) is 19.0 Å². The largest absolute Gasteiger partial charge is 0.465 e. The Kier molecular flexibility index (Phi) is 8.11. The highest BCUT2D eigenvalue weighted by Crippen LogP contribution is 2.33. The van der Waals surface area contributed by atoms with E-state index >= 15 is 0 Å². The Balaban J connectivity index is 1.54. The molecule has 34 heavy (non-hydrogen) atoms. The fourth-order valence-electron chi connectivity index (χ4n) is 3.07. The van der Waals surface area contributed by atoms with Gasteiger partial charge in [0.05, 0.1) is 23.1 Å². The Hall–Kier alpha value is -3.18. The molecule has 2 aromatic carbocycles. The Morgan fingerprint density at radius 3 is 2.53 bits per heavy atom. The highest BCUT2D eigenvalue weighted by molar-refractivity contribution is 8.26. The van der Waals surface area contributed by atoms with E-state index in [4.69, 9.17) is 12.2 Å². The summed E-state index contributed by atoms with van der Waals surface area (Å²) in [5, 5.41) is 2.44. The van der Waals surface area contributed by atoms with Crippen molar-refractivity contribution in [1.29, 1.82) is 0 Å². The molecule has 0 atom stereocenters. The fraction of sp³-hybridized carbons (Fsp3) is 0.217. The summed E-state index contributed by atoms with van der Waals surface area (Å²) >= 11 is 6.40. The number of ether oxygens (including phenoxy) is 1. The lowest BCUT2D eigenvalue weighted by Crippen LogP contribution is -2.29. The van der Waals surface area contributed by atoms with E-state index in [0.29, 0.717) is 20.4 Å². The maximum atomic E-state index is 12.8. The van der Waals surface area contributed by atoms with Crippen LogP contribution in [0, 0.1) is 0 Å². The van der Waals surface area contributed by atoms with E-state index in [1.807, 2.05) is 0 Å². The van der Waals surface area contributed by atoms with Gasteiger partial charge < -0.3 is 10.1 Å². The number of rotatable bonds is 7. The van der Waals surface area contributed by atoms with Crippen molar-refractivity contribution in [3.63, 3.8) is 0 Å². The highest BCUT2D eigenvalue weighted by Gasteiger charge is 2.32. The number of hydrogen-bond donors (Lipinski definition) is 1.